The van der Waals surface area contributed by atoms with E-state index in [4.69, 9.17) is 4.98 Å². The Balaban J connectivity index is 1.50. The van der Waals surface area contributed by atoms with Crippen LogP contribution in [0.2, 0.25) is 0 Å². The lowest BCUT2D eigenvalue weighted by atomic mass is 9.95. The molecule has 0 bridgehead atoms. The Morgan fingerprint density at radius 1 is 1.36 bits per heavy atom. The van der Waals surface area contributed by atoms with Gasteiger partial charge in [0.2, 0.25) is 5.91 Å². The van der Waals surface area contributed by atoms with Gasteiger partial charge in [-0.05, 0) is 40.5 Å². The average Bonchev–Trinajstić information content (AvgIpc) is 3.24. The second kappa shape index (κ2) is 6.58. The first-order chi connectivity index (χ1) is 13.2. The molecule has 8 nitrogen and oxygen atoms in total. The Morgan fingerprint density at radius 2 is 2.11 bits per heavy atom. The molecule has 1 atom stereocenters. The van der Waals surface area contributed by atoms with Crippen molar-refractivity contribution in [3.8, 4) is 0 Å². The summed E-state index contributed by atoms with van der Waals surface area (Å²) in [7, 11) is 0. The van der Waals surface area contributed by atoms with E-state index in [0.29, 0.717) is 13.1 Å². The van der Waals surface area contributed by atoms with E-state index in [0.717, 1.165) is 34.1 Å². The van der Waals surface area contributed by atoms with Gasteiger partial charge in [-0.1, -0.05) is 0 Å². The Hall–Kier alpha value is -2.42. The predicted molar refractivity (Wildman–Crippen MR) is 105 cm³/mol. The van der Waals surface area contributed by atoms with Crippen molar-refractivity contribution in [2.24, 2.45) is 0 Å². The minimum atomic E-state index is -0.960. The number of piperidine rings is 1. The number of aromatic nitrogens is 2. The fraction of sp³-hybridized carbons (Fsp3) is 0.579. The normalized spacial score (nSPS) is 22.2. The van der Waals surface area contributed by atoms with Crippen LogP contribution in [0.5, 0.6) is 0 Å². The Labute approximate surface area is 167 Å². The number of thiazole rings is 1. The van der Waals surface area contributed by atoms with Gasteiger partial charge in [0.05, 0.1) is 5.69 Å². The van der Waals surface area contributed by atoms with Crippen molar-refractivity contribution < 1.29 is 14.4 Å². The molecule has 2 saturated heterocycles. The minimum Gasteiger partial charge on any atom is -0.340 e. The summed E-state index contributed by atoms with van der Waals surface area (Å²) < 4.78 is 2.16. The van der Waals surface area contributed by atoms with Crippen LogP contribution in [0.1, 0.15) is 49.8 Å². The molecule has 4 rings (SSSR count). The molecular formula is C19H25N5O3S. The third kappa shape index (κ3) is 2.97. The second-order valence-corrected chi connectivity index (χ2v) is 9.05. The zero-order chi connectivity index (χ0) is 20.2. The number of carbonyl (C=O) groups excluding carboxylic acids is 3. The quantitative estimate of drug-likeness (QED) is 0.795. The first-order valence-electron chi connectivity index (χ1n) is 9.54. The smallest absolute Gasteiger partial charge is 0.325 e. The molecule has 9 heteroatoms. The summed E-state index contributed by atoms with van der Waals surface area (Å²) in [6, 6.07) is -0.502. The Morgan fingerprint density at radius 3 is 2.79 bits per heavy atom. The molecule has 1 N–H and O–H groups in total. The summed E-state index contributed by atoms with van der Waals surface area (Å²) in [5.74, 6) is 0.577. The van der Waals surface area contributed by atoms with Crippen molar-refractivity contribution in [2.75, 3.05) is 19.6 Å². The second-order valence-electron chi connectivity index (χ2n) is 8.19. The van der Waals surface area contributed by atoms with Crippen molar-refractivity contribution >= 4 is 34.0 Å². The summed E-state index contributed by atoms with van der Waals surface area (Å²) >= 11 is 1.68. The van der Waals surface area contributed by atoms with Gasteiger partial charge in [-0.15, -0.1) is 11.3 Å². The highest BCUT2D eigenvalue weighted by Gasteiger charge is 2.45. The van der Waals surface area contributed by atoms with Crippen molar-refractivity contribution in [3.05, 3.63) is 22.6 Å². The summed E-state index contributed by atoms with van der Waals surface area (Å²) in [5, 5.41) is 4.74. The van der Waals surface area contributed by atoms with Crippen molar-refractivity contribution in [3.63, 3.8) is 0 Å². The average molecular weight is 404 g/mol. The lowest BCUT2D eigenvalue weighted by Gasteiger charge is -2.33. The topological polar surface area (TPSA) is 87.0 Å². The molecule has 2 aromatic rings. The maximum Gasteiger partial charge on any atom is 0.325 e. The fourth-order valence-corrected chi connectivity index (χ4v) is 5.25. The molecule has 2 aromatic heterocycles. The third-order valence-electron chi connectivity index (χ3n) is 5.62. The molecule has 2 fully saturated rings. The molecule has 0 saturated carbocycles. The zero-order valence-corrected chi connectivity index (χ0v) is 17.4. The summed E-state index contributed by atoms with van der Waals surface area (Å²) in [4.78, 5) is 46.0. The highest BCUT2D eigenvalue weighted by atomic mass is 32.1. The Bertz CT molecular complexity index is 976. The zero-order valence-electron chi connectivity index (χ0n) is 16.6. The monoisotopic (exact) mass is 403 g/mol. The number of hydrogen-bond acceptors (Lipinski definition) is 5. The van der Waals surface area contributed by atoms with Crippen LogP contribution in [0.25, 0.3) is 4.83 Å². The van der Waals surface area contributed by atoms with Gasteiger partial charge in [0.25, 0.3) is 5.91 Å². The van der Waals surface area contributed by atoms with Gasteiger partial charge in [0.15, 0.2) is 0 Å². The number of hydrogen-bond donors (Lipinski definition) is 1. The van der Waals surface area contributed by atoms with Crippen LogP contribution in [0.3, 0.4) is 0 Å². The maximum absolute atomic E-state index is 12.8. The Kier molecular flexibility index (Phi) is 4.45. The van der Waals surface area contributed by atoms with E-state index in [-0.39, 0.29) is 24.3 Å². The number of urea groups is 1. The molecule has 150 valence electrons. The largest absolute Gasteiger partial charge is 0.340 e. The van der Waals surface area contributed by atoms with E-state index >= 15 is 0 Å². The molecule has 28 heavy (non-hydrogen) atoms. The SMILES string of the molecule is Cc1csc2c(C3CCCN(C(=O)CN4C(=O)NC(C)(C)C4=O)C3)nc(C)n12. The van der Waals surface area contributed by atoms with Crippen molar-refractivity contribution in [2.45, 2.75) is 52.0 Å². The third-order valence-corrected chi connectivity index (χ3v) is 6.69. The van der Waals surface area contributed by atoms with Crippen LogP contribution < -0.4 is 5.32 Å². The van der Waals surface area contributed by atoms with Gasteiger partial charge in [0, 0.05) is 30.1 Å². The number of carbonyl (C=O) groups is 3. The van der Waals surface area contributed by atoms with E-state index in [2.05, 4.69) is 22.0 Å². The molecular weight excluding hydrogens is 378 g/mol. The molecule has 0 spiro atoms. The lowest BCUT2D eigenvalue weighted by Crippen LogP contribution is -2.47. The van der Waals surface area contributed by atoms with Crippen LogP contribution in [-0.2, 0) is 9.59 Å². The molecule has 1 unspecified atom stereocenters. The van der Waals surface area contributed by atoms with E-state index in [1.165, 1.54) is 5.69 Å². The van der Waals surface area contributed by atoms with Crippen LogP contribution >= 0.6 is 11.3 Å². The standard InChI is InChI=1S/C19H25N5O3S/c1-11-10-28-16-15(20-12(2)24(11)16)13-6-5-7-22(8-13)14(25)9-23-17(26)19(3,4)21-18(23)27/h10,13H,5-9H2,1-4H3,(H,21,27). The van der Waals surface area contributed by atoms with Crippen molar-refractivity contribution in [1.82, 2.24) is 24.5 Å². The number of amides is 4. The van der Waals surface area contributed by atoms with Crippen LogP contribution in [0.15, 0.2) is 5.38 Å². The molecule has 4 amide bonds. The number of nitrogens with one attached hydrogen (secondary N) is 1. The minimum absolute atomic E-state index is 0.166. The molecule has 2 aliphatic heterocycles. The van der Waals surface area contributed by atoms with E-state index < -0.39 is 11.6 Å². The summed E-state index contributed by atoms with van der Waals surface area (Å²) in [6.07, 6.45) is 1.85. The first kappa shape index (κ1) is 18.9. The van der Waals surface area contributed by atoms with Gasteiger partial charge in [-0.3, -0.25) is 18.9 Å². The number of rotatable bonds is 3. The first-order valence-corrected chi connectivity index (χ1v) is 10.4. The van der Waals surface area contributed by atoms with E-state index in [9.17, 15) is 14.4 Å². The van der Waals surface area contributed by atoms with Gasteiger partial charge < -0.3 is 10.2 Å². The molecule has 0 aromatic carbocycles. The van der Waals surface area contributed by atoms with Gasteiger partial charge in [0.1, 0.15) is 22.7 Å². The van der Waals surface area contributed by atoms with Gasteiger partial charge in [-0.25, -0.2) is 9.78 Å². The number of imidazole rings is 1. The maximum atomic E-state index is 12.8. The lowest BCUT2D eigenvalue weighted by molar-refractivity contribution is -0.139. The van der Waals surface area contributed by atoms with Gasteiger partial charge >= 0.3 is 6.03 Å². The highest BCUT2D eigenvalue weighted by Crippen LogP contribution is 2.33. The molecule has 0 radical (unpaired) electrons. The fourth-order valence-electron chi connectivity index (χ4n) is 4.15. The molecule has 2 aliphatic rings. The molecule has 4 heterocycles. The van der Waals surface area contributed by atoms with Crippen LogP contribution in [0, 0.1) is 13.8 Å². The number of fused-ring (bicyclic) bond motifs is 1. The summed E-state index contributed by atoms with van der Waals surface area (Å²) in [5.41, 5.74) is 1.25. The van der Waals surface area contributed by atoms with Crippen LogP contribution in [-0.4, -0.2) is 62.2 Å². The highest BCUT2D eigenvalue weighted by molar-refractivity contribution is 7.15. The number of nitrogens with zero attached hydrogens (tertiary/aromatic N) is 4. The van der Waals surface area contributed by atoms with E-state index in [1.807, 2.05) is 6.92 Å². The summed E-state index contributed by atoms with van der Waals surface area (Å²) in [6.45, 7) is 8.35. The van der Waals surface area contributed by atoms with Crippen molar-refractivity contribution in [1.29, 1.82) is 0 Å². The van der Waals surface area contributed by atoms with Crippen LogP contribution in [0.4, 0.5) is 4.79 Å². The van der Waals surface area contributed by atoms with Gasteiger partial charge in [-0.2, -0.15) is 0 Å². The number of aryl methyl sites for hydroxylation is 2. The number of likely N-dealkylation sites (tertiary alicyclic amines) is 1. The molecule has 0 aliphatic carbocycles. The van der Waals surface area contributed by atoms with E-state index in [1.54, 1.807) is 30.1 Å². The predicted octanol–water partition coefficient (Wildman–Crippen LogP) is 2.05. The number of imide groups is 1.